The summed E-state index contributed by atoms with van der Waals surface area (Å²) >= 11 is 0. The summed E-state index contributed by atoms with van der Waals surface area (Å²) in [5.41, 5.74) is 3.76. The lowest BCUT2D eigenvalue weighted by Crippen LogP contribution is -2.70. The monoisotopic (exact) mass is 421 g/mol. The maximum absolute atomic E-state index is 13.4. The SMILES string of the molecule is CC(C)=CCCC12C(O)CCC(C)C1(C)CCC13CC(Nc4ccccc41)C(=O)CC32. The van der Waals surface area contributed by atoms with Crippen molar-refractivity contribution < 1.29 is 9.90 Å². The third-order valence-corrected chi connectivity index (χ3v) is 10.3. The molecule has 2 N–H and O–H groups in total. The van der Waals surface area contributed by atoms with Gasteiger partial charge >= 0.3 is 0 Å². The summed E-state index contributed by atoms with van der Waals surface area (Å²) in [6.45, 7) is 9.19. The van der Waals surface area contributed by atoms with Crippen molar-refractivity contribution in [2.24, 2.45) is 22.7 Å². The second-order valence-electron chi connectivity index (χ2n) is 11.6. The number of allylic oxidation sites excluding steroid dienone is 2. The van der Waals surface area contributed by atoms with E-state index in [2.05, 4.69) is 63.4 Å². The first-order valence-electron chi connectivity index (χ1n) is 12.4. The second kappa shape index (κ2) is 7.20. The molecular weight excluding hydrogens is 382 g/mol. The van der Waals surface area contributed by atoms with Crippen LogP contribution in [0.5, 0.6) is 0 Å². The molecule has 31 heavy (non-hydrogen) atoms. The van der Waals surface area contributed by atoms with E-state index < -0.39 is 0 Å². The van der Waals surface area contributed by atoms with Gasteiger partial charge in [0.05, 0.1) is 12.1 Å². The number of nitrogens with one attached hydrogen (secondary N) is 1. The van der Waals surface area contributed by atoms with E-state index in [4.69, 9.17) is 0 Å². The predicted molar refractivity (Wildman–Crippen MR) is 126 cm³/mol. The Morgan fingerprint density at radius 2 is 2.00 bits per heavy atom. The number of fused-ring (bicyclic) bond motifs is 4. The van der Waals surface area contributed by atoms with Gasteiger partial charge in [-0.25, -0.2) is 0 Å². The number of para-hydroxylation sites is 1. The predicted octanol–water partition coefficient (Wildman–Crippen LogP) is 6.02. The number of rotatable bonds is 3. The summed E-state index contributed by atoms with van der Waals surface area (Å²) in [4.78, 5) is 13.4. The molecule has 0 amide bonds. The molecule has 2 bridgehead atoms. The van der Waals surface area contributed by atoms with Crippen LogP contribution < -0.4 is 5.32 Å². The zero-order valence-electron chi connectivity index (χ0n) is 19.7. The minimum Gasteiger partial charge on any atom is -0.393 e. The van der Waals surface area contributed by atoms with Crippen molar-refractivity contribution in [2.45, 2.75) is 96.6 Å². The van der Waals surface area contributed by atoms with Gasteiger partial charge < -0.3 is 10.4 Å². The molecule has 1 heterocycles. The Kier molecular flexibility index (Phi) is 4.93. The number of ketones is 1. The van der Waals surface area contributed by atoms with Crippen molar-refractivity contribution in [3.8, 4) is 0 Å². The molecular formula is C28H39NO2. The summed E-state index contributed by atoms with van der Waals surface area (Å²) in [7, 11) is 0. The first kappa shape index (κ1) is 21.2. The van der Waals surface area contributed by atoms with E-state index in [1.54, 1.807) is 0 Å². The lowest BCUT2D eigenvalue weighted by atomic mass is 9.34. The van der Waals surface area contributed by atoms with Crippen LogP contribution >= 0.6 is 0 Å². The molecule has 3 fully saturated rings. The first-order valence-corrected chi connectivity index (χ1v) is 12.4. The fraction of sp³-hybridized carbons (Fsp3) is 0.679. The van der Waals surface area contributed by atoms with Crippen molar-refractivity contribution in [2.75, 3.05) is 5.32 Å². The van der Waals surface area contributed by atoms with E-state index in [9.17, 15) is 9.90 Å². The molecule has 4 aliphatic rings. The largest absolute Gasteiger partial charge is 0.393 e. The summed E-state index contributed by atoms with van der Waals surface area (Å²) < 4.78 is 0. The van der Waals surface area contributed by atoms with E-state index in [-0.39, 0.29) is 34.3 Å². The fourth-order valence-electron chi connectivity index (χ4n) is 8.55. The van der Waals surface area contributed by atoms with Gasteiger partial charge in [-0.3, -0.25) is 4.79 Å². The van der Waals surface area contributed by atoms with E-state index >= 15 is 0 Å². The van der Waals surface area contributed by atoms with Crippen LogP contribution in [0.1, 0.15) is 84.6 Å². The molecule has 1 aromatic carbocycles. The van der Waals surface area contributed by atoms with Crippen LogP contribution in [0.2, 0.25) is 0 Å². The van der Waals surface area contributed by atoms with Gasteiger partial charge in [-0.15, -0.1) is 0 Å². The topological polar surface area (TPSA) is 49.3 Å². The Morgan fingerprint density at radius 1 is 1.23 bits per heavy atom. The molecule has 1 spiro atoms. The highest BCUT2D eigenvalue weighted by molar-refractivity contribution is 5.90. The Bertz CT molecular complexity index is 917. The molecule has 3 nitrogen and oxygen atoms in total. The van der Waals surface area contributed by atoms with E-state index in [1.807, 2.05) is 0 Å². The van der Waals surface area contributed by atoms with Crippen molar-refractivity contribution >= 4 is 11.5 Å². The third kappa shape index (κ3) is 2.78. The molecule has 7 unspecified atom stereocenters. The van der Waals surface area contributed by atoms with Gasteiger partial charge in [-0.1, -0.05) is 43.7 Å². The highest BCUT2D eigenvalue weighted by atomic mass is 16.3. The lowest BCUT2D eigenvalue weighted by molar-refractivity contribution is -0.222. The standard InChI is InChI=1S/C28H39NO2/c1-18(2)8-7-13-28-24-16-23(30)22-17-27(24,20-9-5-6-10-21(20)29-22)15-14-26(28,4)19(3)11-12-25(28)31/h5-6,8-10,19,22,24-25,29,31H,7,11-17H2,1-4H3. The van der Waals surface area contributed by atoms with E-state index in [1.165, 1.54) is 11.1 Å². The highest BCUT2D eigenvalue weighted by Gasteiger charge is 2.70. The van der Waals surface area contributed by atoms with Gasteiger partial charge in [0, 0.05) is 22.9 Å². The number of Topliss-reactive ketones (excluding diaryl/α,β-unsaturated/α-hetero) is 1. The van der Waals surface area contributed by atoms with Gasteiger partial charge in [0.15, 0.2) is 5.78 Å². The Balaban J connectivity index is 1.71. The summed E-state index contributed by atoms with van der Waals surface area (Å²) in [5, 5.41) is 15.4. The van der Waals surface area contributed by atoms with Gasteiger partial charge in [0.1, 0.15) is 0 Å². The third-order valence-electron chi connectivity index (χ3n) is 10.3. The quantitative estimate of drug-likeness (QED) is 0.587. The minimum absolute atomic E-state index is 0.00292. The molecule has 3 aliphatic carbocycles. The summed E-state index contributed by atoms with van der Waals surface area (Å²) in [6.07, 6.45) is 9.75. The van der Waals surface area contributed by atoms with Crippen LogP contribution in [0.4, 0.5) is 5.69 Å². The van der Waals surface area contributed by atoms with Gasteiger partial charge in [0.25, 0.3) is 0 Å². The average molecular weight is 422 g/mol. The van der Waals surface area contributed by atoms with Crippen LogP contribution in [0.25, 0.3) is 0 Å². The number of anilines is 1. The zero-order chi connectivity index (χ0) is 22.0. The molecule has 0 saturated heterocycles. The Labute approximate surface area is 187 Å². The van der Waals surface area contributed by atoms with Crippen LogP contribution in [0, 0.1) is 22.7 Å². The van der Waals surface area contributed by atoms with Crippen LogP contribution in [0.15, 0.2) is 35.9 Å². The number of carbonyl (C=O) groups is 1. The minimum atomic E-state index is -0.326. The maximum Gasteiger partial charge on any atom is 0.155 e. The molecule has 5 rings (SSSR count). The van der Waals surface area contributed by atoms with Crippen molar-refractivity contribution in [3.05, 3.63) is 41.5 Å². The van der Waals surface area contributed by atoms with Gasteiger partial charge in [-0.2, -0.15) is 0 Å². The molecule has 1 aromatic rings. The fourth-order valence-corrected chi connectivity index (χ4v) is 8.55. The molecule has 168 valence electrons. The molecule has 3 heteroatoms. The number of aliphatic hydroxyl groups is 1. The number of aliphatic hydroxyl groups excluding tert-OH is 1. The van der Waals surface area contributed by atoms with Crippen LogP contribution in [-0.4, -0.2) is 23.0 Å². The number of hydrogen-bond donors (Lipinski definition) is 2. The van der Waals surface area contributed by atoms with Gasteiger partial charge in [0.2, 0.25) is 0 Å². The summed E-state index contributed by atoms with van der Waals surface area (Å²) in [6, 6.07) is 8.63. The maximum atomic E-state index is 13.4. The van der Waals surface area contributed by atoms with E-state index in [0.29, 0.717) is 18.1 Å². The molecule has 3 saturated carbocycles. The Morgan fingerprint density at radius 3 is 2.77 bits per heavy atom. The van der Waals surface area contributed by atoms with Crippen molar-refractivity contribution in [1.82, 2.24) is 0 Å². The molecule has 7 atom stereocenters. The van der Waals surface area contributed by atoms with E-state index in [0.717, 1.165) is 50.6 Å². The Hall–Kier alpha value is -1.61. The number of carbonyl (C=O) groups excluding carboxylic acids is 1. The van der Waals surface area contributed by atoms with Crippen LogP contribution in [-0.2, 0) is 10.2 Å². The number of hydrogen-bond acceptors (Lipinski definition) is 3. The second-order valence-corrected chi connectivity index (χ2v) is 11.6. The normalized spacial score (nSPS) is 43.2. The van der Waals surface area contributed by atoms with Crippen molar-refractivity contribution in [1.29, 1.82) is 0 Å². The molecule has 0 radical (unpaired) electrons. The first-order chi connectivity index (χ1) is 14.7. The van der Waals surface area contributed by atoms with Crippen LogP contribution in [0.3, 0.4) is 0 Å². The summed E-state index contributed by atoms with van der Waals surface area (Å²) in [5.74, 6) is 1.14. The van der Waals surface area contributed by atoms with Crippen molar-refractivity contribution in [3.63, 3.8) is 0 Å². The average Bonchev–Trinajstić information content (AvgIpc) is 2.74. The lowest BCUT2D eigenvalue weighted by Gasteiger charge is -2.71. The molecule has 0 aromatic heterocycles. The zero-order valence-corrected chi connectivity index (χ0v) is 19.7. The number of benzene rings is 1. The smallest absolute Gasteiger partial charge is 0.155 e. The highest BCUT2D eigenvalue weighted by Crippen LogP contribution is 2.72. The van der Waals surface area contributed by atoms with Gasteiger partial charge in [-0.05, 0) is 87.7 Å². The molecule has 1 aliphatic heterocycles.